The Morgan fingerprint density at radius 2 is 1.88 bits per heavy atom. The topological polar surface area (TPSA) is 113 Å². The van der Waals surface area contributed by atoms with Crippen molar-refractivity contribution in [2.45, 2.75) is 83.2 Å². The minimum atomic E-state index is -4.79. The summed E-state index contributed by atoms with van der Waals surface area (Å²) in [5, 5.41) is 20.0. The summed E-state index contributed by atoms with van der Waals surface area (Å²) in [5.41, 5.74) is 0.796. The zero-order valence-corrected chi connectivity index (χ0v) is 24.5. The minimum Gasteiger partial charge on any atom is -0.405 e. The van der Waals surface area contributed by atoms with Gasteiger partial charge in [-0.1, -0.05) is 18.2 Å². The predicted molar refractivity (Wildman–Crippen MR) is 153 cm³/mol. The second-order valence-electron chi connectivity index (χ2n) is 13.1. The molecule has 0 radical (unpaired) electrons. The maximum atomic E-state index is 12.8. The fourth-order valence-electron chi connectivity index (χ4n) is 8.06. The molecule has 5 aliphatic rings. The number of halogens is 3. The van der Waals surface area contributed by atoms with Crippen molar-refractivity contribution in [2.24, 2.45) is 23.2 Å². The SMILES string of the molecule is CC1(C)OC[C@H](CCN[C@@H]2[C@@H]3CC4C[C@H]2C[C@](CNc2nc(NCc5ccccc5OC(F)(F)F)ncc2C#N)(C4)C3)O1. The molecule has 4 bridgehead atoms. The van der Waals surface area contributed by atoms with Gasteiger partial charge in [0.1, 0.15) is 23.2 Å². The first-order chi connectivity index (χ1) is 20.5. The molecule has 0 amide bonds. The van der Waals surface area contributed by atoms with E-state index in [0.717, 1.165) is 38.3 Å². The van der Waals surface area contributed by atoms with E-state index in [1.54, 1.807) is 12.1 Å². The zero-order chi connectivity index (χ0) is 30.2. The number of nitrogens with one attached hydrogen (secondary N) is 3. The van der Waals surface area contributed by atoms with E-state index >= 15 is 0 Å². The number of para-hydroxylation sites is 1. The van der Waals surface area contributed by atoms with Gasteiger partial charge in [-0.2, -0.15) is 10.2 Å². The van der Waals surface area contributed by atoms with Crippen LogP contribution in [0.1, 0.15) is 63.5 Å². The van der Waals surface area contributed by atoms with E-state index in [-0.39, 0.29) is 29.8 Å². The number of nitrogens with zero attached hydrogens (tertiary/aromatic N) is 3. The Bertz CT molecular complexity index is 1330. The number of anilines is 2. The van der Waals surface area contributed by atoms with Crippen LogP contribution < -0.4 is 20.7 Å². The molecule has 5 fully saturated rings. The molecule has 232 valence electrons. The highest BCUT2D eigenvalue weighted by molar-refractivity contribution is 5.53. The lowest BCUT2D eigenvalue weighted by atomic mass is 9.48. The first-order valence-corrected chi connectivity index (χ1v) is 15.1. The molecule has 1 saturated heterocycles. The van der Waals surface area contributed by atoms with Crippen molar-refractivity contribution in [3.8, 4) is 11.8 Å². The second kappa shape index (κ2) is 11.7. The largest absolute Gasteiger partial charge is 0.573 e. The molecule has 2 aromatic rings. The van der Waals surface area contributed by atoms with Gasteiger partial charge in [-0.25, -0.2) is 4.98 Å². The van der Waals surface area contributed by atoms with Crippen molar-refractivity contribution in [1.82, 2.24) is 15.3 Å². The quantitative estimate of drug-likeness (QED) is 0.304. The van der Waals surface area contributed by atoms with Crippen LogP contribution in [0, 0.1) is 34.5 Å². The number of nitriles is 1. The smallest absolute Gasteiger partial charge is 0.405 e. The van der Waals surface area contributed by atoms with Crippen LogP contribution in [0.2, 0.25) is 0 Å². The van der Waals surface area contributed by atoms with Crippen LogP contribution in [-0.2, 0) is 16.0 Å². The predicted octanol–water partition coefficient (Wildman–Crippen LogP) is 5.60. The molecule has 4 saturated carbocycles. The van der Waals surface area contributed by atoms with Crippen LogP contribution in [0.25, 0.3) is 0 Å². The average molecular weight is 601 g/mol. The van der Waals surface area contributed by atoms with Gasteiger partial charge in [-0.3, -0.25) is 0 Å². The summed E-state index contributed by atoms with van der Waals surface area (Å²) >= 11 is 0. The fourth-order valence-corrected chi connectivity index (χ4v) is 8.06. The van der Waals surface area contributed by atoms with Gasteiger partial charge in [0.05, 0.1) is 18.9 Å². The van der Waals surface area contributed by atoms with Crippen molar-refractivity contribution in [1.29, 1.82) is 5.26 Å². The van der Waals surface area contributed by atoms with Gasteiger partial charge in [0.2, 0.25) is 5.95 Å². The van der Waals surface area contributed by atoms with Crippen LogP contribution in [-0.4, -0.2) is 54.0 Å². The van der Waals surface area contributed by atoms with Crippen LogP contribution >= 0.6 is 0 Å². The van der Waals surface area contributed by atoms with Crippen LogP contribution in [0.3, 0.4) is 0 Å². The molecule has 6 atom stereocenters. The molecule has 4 aliphatic carbocycles. The number of aromatic nitrogens is 2. The maximum absolute atomic E-state index is 12.8. The van der Waals surface area contributed by atoms with Crippen LogP contribution in [0.4, 0.5) is 24.9 Å². The summed E-state index contributed by atoms with van der Waals surface area (Å²) in [6.07, 6.45) is 3.70. The highest BCUT2D eigenvalue weighted by atomic mass is 19.4. The number of alkyl halides is 3. The van der Waals surface area contributed by atoms with Gasteiger partial charge in [-0.05, 0) is 88.2 Å². The molecule has 3 N–H and O–H groups in total. The highest BCUT2D eigenvalue weighted by Gasteiger charge is 2.55. The van der Waals surface area contributed by atoms with E-state index < -0.39 is 12.1 Å². The number of ether oxygens (including phenoxy) is 3. The lowest BCUT2D eigenvalue weighted by molar-refractivity contribution is -0.274. The normalized spacial score (nSPS) is 30.7. The van der Waals surface area contributed by atoms with Crippen molar-refractivity contribution >= 4 is 11.8 Å². The number of hydrogen-bond donors (Lipinski definition) is 3. The van der Waals surface area contributed by atoms with Gasteiger partial charge in [0, 0.05) is 24.7 Å². The Hall–Kier alpha value is -3.14. The lowest BCUT2D eigenvalue weighted by Gasteiger charge is -2.60. The van der Waals surface area contributed by atoms with E-state index in [1.165, 1.54) is 37.6 Å². The third-order valence-corrected chi connectivity index (χ3v) is 9.49. The van der Waals surface area contributed by atoms with Gasteiger partial charge in [0.25, 0.3) is 0 Å². The van der Waals surface area contributed by atoms with Gasteiger partial charge in [-0.15, -0.1) is 13.2 Å². The van der Waals surface area contributed by atoms with E-state index in [2.05, 4.69) is 36.7 Å². The zero-order valence-electron chi connectivity index (χ0n) is 24.5. The van der Waals surface area contributed by atoms with Gasteiger partial charge >= 0.3 is 6.36 Å². The standard InChI is InChI=1S/C31H39F3N6O3/c1-29(2)41-17-24(42-29)7-8-36-26-21-9-19-10-22(26)13-30(11-19,12-21)18-39-27-23(14-35)16-38-28(40-27)37-15-20-5-3-4-6-25(20)43-31(32,33)34/h3-6,16,19,21-22,24,26,36H,7-13,15,17-18H2,1-2H3,(H2,37,38,39,40)/t19?,21-,22+,24-,26-,30+/m0/s1. The van der Waals surface area contributed by atoms with E-state index in [1.807, 2.05) is 13.8 Å². The molecule has 7 rings (SSSR count). The third-order valence-electron chi connectivity index (χ3n) is 9.49. The Labute approximate surface area is 249 Å². The third kappa shape index (κ3) is 7.00. The summed E-state index contributed by atoms with van der Waals surface area (Å²) in [6.45, 7) is 6.24. The van der Waals surface area contributed by atoms with E-state index in [4.69, 9.17) is 9.47 Å². The Kier molecular flexibility index (Phi) is 8.17. The Morgan fingerprint density at radius 1 is 1.12 bits per heavy atom. The molecule has 0 spiro atoms. The molecular weight excluding hydrogens is 561 g/mol. The molecule has 1 aromatic carbocycles. The Balaban J connectivity index is 1.06. The van der Waals surface area contributed by atoms with Crippen LogP contribution in [0.15, 0.2) is 30.5 Å². The van der Waals surface area contributed by atoms with Crippen molar-refractivity contribution < 1.29 is 27.4 Å². The van der Waals surface area contributed by atoms with E-state index in [0.29, 0.717) is 41.4 Å². The van der Waals surface area contributed by atoms with E-state index in [9.17, 15) is 18.4 Å². The summed E-state index contributed by atoms with van der Waals surface area (Å²) < 4.78 is 54.3. The second-order valence-corrected chi connectivity index (χ2v) is 13.1. The highest BCUT2D eigenvalue weighted by Crippen LogP contribution is 2.60. The minimum absolute atomic E-state index is 0.0264. The van der Waals surface area contributed by atoms with Gasteiger partial charge in [0.15, 0.2) is 5.79 Å². The van der Waals surface area contributed by atoms with Crippen molar-refractivity contribution in [3.05, 3.63) is 41.6 Å². The average Bonchev–Trinajstić information content (AvgIpc) is 3.30. The molecule has 9 nitrogen and oxygen atoms in total. The van der Waals surface area contributed by atoms with Crippen LogP contribution in [0.5, 0.6) is 5.75 Å². The first-order valence-electron chi connectivity index (χ1n) is 15.1. The Morgan fingerprint density at radius 3 is 2.58 bits per heavy atom. The summed E-state index contributed by atoms with van der Waals surface area (Å²) in [5.74, 6) is 1.86. The monoisotopic (exact) mass is 600 g/mol. The molecule has 1 unspecified atom stereocenters. The summed E-state index contributed by atoms with van der Waals surface area (Å²) in [6, 6.07) is 8.61. The molecule has 1 aromatic heterocycles. The fraction of sp³-hybridized carbons (Fsp3) is 0.645. The lowest BCUT2D eigenvalue weighted by Crippen LogP contribution is -2.59. The number of benzene rings is 1. The maximum Gasteiger partial charge on any atom is 0.573 e. The summed E-state index contributed by atoms with van der Waals surface area (Å²) in [4.78, 5) is 8.74. The molecule has 12 heteroatoms. The van der Waals surface area contributed by atoms with Gasteiger partial charge < -0.3 is 30.2 Å². The number of rotatable bonds is 11. The van der Waals surface area contributed by atoms with Crippen molar-refractivity contribution in [3.63, 3.8) is 0 Å². The first kappa shape index (κ1) is 29.9. The number of hydrogen-bond acceptors (Lipinski definition) is 9. The summed E-state index contributed by atoms with van der Waals surface area (Å²) in [7, 11) is 0. The molecule has 43 heavy (non-hydrogen) atoms. The molecular formula is C31H39F3N6O3. The van der Waals surface area contributed by atoms with Crippen molar-refractivity contribution in [2.75, 3.05) is 30.3 Å². The molecule has 1 aliphatic heterocycles. The molecule has 2 heterocycles.